The lowest BCUT2D eigenvalue weighted by Gasteiger charge is -2.16. The van der Waals surface area contributed by atoms with E-state index in [4.69, 9.17) is 4.99 Å². The molecule has 1 unspecified atom stereocenters. The quantitative estimate of drug-likeness (QED) is 0.443. The van der Waals surface area contributed by atoms with Gasteiger partial charge in [0.1, 0.15) is 12.2 Å². The van der Waals surface area contributed by atoms with Gasteiger partial charge in [-0.2, -0.15) is 0 Å². The maximum absolute atomic E-state index is 4.81. The number of aryl methyl sites for hydroxylation is 1. The molecule has 2 rings (SSSR count). The third-order valence-electron chi connectivity index (χ3n) is 4.50. The Kier molecular flexibility index (Phi) is 9.31. The molecular weight excluding hydrogens is 404 g/mol. The monoisotopic (exact) mass is 434 g/mol. The molecule has 0 aliphatic carbocycles. The van der Waals surface area contributed by atoms with Gasteiger partial charge in [-0.3, -0.25) is 4.99 Å². The fraction of sp³-hybridized carbons (Fsp3) is 0.550. The summed E-state index contributed by atoms with van der Waals surface area (Å²) in [5.41, 5.74) is 1.35. The van der Waals surface area contributed by atoms with Gasteiger partial charge in [-0.15, -0.1) is 10.2 Å². The number of guanidine groups is 1. The molecule has 0 saturated carbocycles. The van der Waals surface area contributed by atoms with Gasteiger partial charge >= 0.3 is 0 Å². The maximum atomic E-state index is 4.81. The van der Waals surface area contributed by atoms with Gasteiger partial charge in [0.15, 0.2) is 5.96 Å². The van der Waals surface area contributed by atoms with E-state index in [0.29, 0.717) is 5.92 Å². The summed E-state index contributed by atoms with van der Waals surface area (Å²) in [7, 11) is 0. The van der Waals surface area contributed by atoms with Crippen LogP contribution in [0.1, 0.15) is 38.6 Å². The van der Waals surface area contributed by atoms with Crippen LogP contribution in [-0.2, 0) is 19.4 Å². The molecule has 1 atom stereocenters. The summed E-state index contributed by atoms with van der Waals surface area (Å²) in [4.78, 5) is 4.81. The van der Waals surface area contributed by atoms with E-state index in [1.54, 1.807) is 6.33 Å². The number of hydrogen-bond donors (Lipinski definition) is 2. The minimum Gasteiger partial charge on any atom is -0.357 e. The second kappa shape index (κ2) is 11.7. The highest BCUT2D eigenvalue weighted by Gasteiger charge is 2.09. The predicted molar refractivity (Wildman–Crippen MR) is 115 cm³/mol. The van der Waals surface area contributed by atoms with Gasteiger partial charge in [0.05, 0.1) is 0 Å². The van der Waals surface area contributed by atoms with Crippen LogP contribution in [0.4, 0.5) is 0 Å². The van der Waals surface area contributed by atoms with E-state index in [-0.39, 0.29) is 0 Å². The molecule has 7 heteroatoms. The first-order valence-corrected chi connectivity index (χ1v) is 10.6. The second-order valence-electron chi connectivity index (χ2n) is 6.55. The minimum absolute atomic E-state index is 0.527. The van der Waals surface area contributed by atoms with Crippen LogP contribution in [0.25, 0.3) is 0 Å². The van der Waals surface area contributed by atoms with E-state index >= 15 is 0 Å². The number of benzene rings is 1. The summed E-state index contributed by atoms with van der Waals surface area (Å²) in [6.45, 7) is 9.69. The molecule has 0 aliphatic rings. The molecule has 1 aromatic heterocycles. The lowest BCUT2D eigenvalue weighted by molar-refractivity contribution is 0.517. The van der Waals surface area contributed by atoms with Crippen molar-refractivity contribution < 1.29 is 0 Å². The summed E-state index contributed by atoms with van der Waals surface area (Å²) in [5.74, 6) is 2.41. The molecule has 0 radical (unpaired) electrons. The standard InChI is InChI=1S/C20H31BrN6/c1-4-16(12-17-8-7-9-18(21)13-17)14-24-20(22-6-3)23-10-11-27-15-25-26-19(27)5-2/h7-9,13,15-16H,4-6,10-12,14H2,1-3H3,(H2,22,23,24). The molecule has 1 heterocycles. The Morgan fingerprint density at radius 2 is 2.11 bits per heavy atom. The van der Waals surface area contributed by atoms with Crippen molar-refractivity contribution >= 4 is 21.9 Å². The van der Waals surface area contributed by atoms with Crippen LogP contribution in [0.5, 0.6) is 0 Å². The van der Waals surface area contributed by atoms with E-state index in [1.807, 2.05) is 0 Å². The fourth-order valence-corrected chi connectivity index (χ4v) is 3.38. The average molecular weight is 435 g/mol. The molecule has 0 saturated heterocycles. The van der Waals surface area contributed by atoms with Gasteiger partial charge in [0, 0.05) is 37.1 Å². The summed E-state index contributed by atoms with van der Waals surface area (Å²) < 4.78 is 3.22. The number of nitrogens with one attached hydrogen (secondary N) is 2. The van der Waals surface area contributed by atoms with Crippen LogP contribution in [-0.4, -0.2) is 40.4 Å². The van der Waals surface area contributed by atoms with Crippen LogP contribution in [0.15, 0.2) is 40.1 Å². The van der Waals surface area contributed by atoms with Crippen molar-refractivity contribution in [1.82, 2.24) is 25.4 Å². The molecule has 0 amide bonds. The van der Waals surface area contributed by atoms with Crippen molar-refractivity contribution in [3.63, 3.8) is 0 Å². The first-order chi connectivity index (χ1) is 13.2. The zero-order valence-corrected chi connectivity index (χ0v) is 18.2. The van der Waals surface area contributed by atoms with E-state index in [9.17, 15) is 0 Å². The van der Waals surface area contributed by atoms with Crippen LogP contribution in [0.3, 0.4) is 0 Å². The number of hydrogen-bond acceptors (Lipinski definition) is 3. The van der Waals surface area contributed by atoms with Crippen molar-refractivity contribution in [1.29, 1.82) is 0 Å². The highest BCUT2D eigenvalue weighted by Crippen LogP contribution is 2.17. The molecule has 0 bridgehead atoms. The van der Waals surface area contributed by atoms with Crippen molar-refractivity contribution in [3.05, 3.63) is 46.5 Å². The minimum atomic E-state index is 0.527. The molecule has 0 spiro atoms. The molecule has 6 nitrogen and oxygen atoms in total. The first-order valence-electron chi connectivity index (χ1n) is 9.79. The van der Waals surface area contributed by atoms with Gasteiger partial charge in [-0.1, -0.05) is 48.3 Å². The van der Waals surface area contributed by atoms with E-state index in [2.05, 4.69) is 86.4 Å². The highest BCUT2D eigenvalue weighted by atomic mass is 79.9. The molecule has 148 valence electrons. The highest BCUT2D eigenvalue weighted by molar-refractivity contribution is 9.10. The largest absolute Gasteiger partial charge is 0.357 e. The SMILES string of the molecule is CCNC(=NCC(CC)Cc1cccc(Br)c1)NCCn1cnnc1CC. The summed E-state index contributed by atoms with van der Waals surface area (Å²) in [5, 5.41) is 14.9. The normalized spacial score (nSPS) is 12.8. The summed E-state index contributed by atoms with van der Waals surface area (Å²) in [6.07, 6.45) is 4.83. The fourth-order valence-electron chi connectivity index (χ4n) is 2.93. The Morgan fingerprint density at radius 1 is 1.26 bits per heavy atom. The van der Waals surface area contributed by atoms with Crippen LogP contribution in [0, 0.1) is 5.92 Å². The molecule has 2 N–H and O–H groups in total. The Labute approximate surface area is 171 Å². The van der Waals surface area contributed by atoms with E-state index in [1.165, 1.54) is 5.56 Å². The van der Waals surface area contributed by atoms with Crippen molar-refractivity contribution in [2.24, 2.45) is 10.9 Å². The van der Waals surface area contributed by atoms with E-state index < -0.39 is 0 Å². The zero-order chi connectivity index (χ0) is 19.5. The number of halogens is 1. The molecule has 1 aromatic carbocycles. The number of nitrogens with zero attached hydrogens (tertiary/aromatic N) is 4. The topological polar surface area (TPSA) is 67.1 Å². The maximum Gasteiger partial charge on any atom is 0.191 e. The molecule has 27 heavy (non-hydrogen) atoms. The molecule has 0 fully saturated rings. The third-order valence-corrected chi connectivity index (χ3v) is 4.99. The molecule has 2 aromatic rings. The van der Waals surface area contributed by atoms with Crippen LogP contribution in [0.2, 0.25) is 0 Å². The third kappa shape index (κ3) is 7.33. The zero-order valence-electron chi connectivity index (χ0n) is 16.6. The Balaban J connectivity index is 1.88. The average Bonchev–Trinajstić information content (AvgIpc) is 3.12. The first kappa shape index (κ1) is 21.4. The predicted octanol–water partition coefficient (Wildman–Crippen LogP) is 3.43. The summed E-state index contributed by atoms with van der Waals surface area (Å²) >= 11 is 3.55. The van der Waals surface area contributed by atoms with Gasteiger partial charge < -0.3 is 15.2 Å². The Hall–Kier alpha value is -1.89. The van der Waals surface area contributed by atoms with Crippen molar-refractivity contribution in [2.45, 2.75) is 46.6 Å². The van der Waals surface area contributed by atoms with Gasteiger partial charge in [-0.25, -0.2) is 0 Å². The van der Waals surface area contributed by atoms with Crippen LogP contribution >= 0.6 is 15.9 Å². The van der Waals surface area contributed by atoms with Gasteiger partial charge in [-0.05, 0) is 37.0 Å². The van der Waals surface area contributed by atoms with Gasteiger partial charge in [0.2, 0.25) is 0 Å². The smallest absolute Gasteiger partial charge is 0.191 e. The van der Waals surface area contributed by atoms with Crippen molar-refractivity contribution in [3.8, 4) is 0 Å². The van der Waals surface area contributed by atoms with E-state index in [0.717, 1.165) is 61.7 Å². The number of rotatable bonds is 10. The van der Waals surface area contributed by atoms with Gasteiger partial charge in [0.25, 0.3) is 0 Å². The lowest BCUT2D eigenvalue weighted by Crippen LogP contribution is -2.39. The number of aliphatic imine (C=N–C) groups is 1. The Morgan fingerprint density at radius 3 is 2.81 bits per heavy atom. The second-order valence-corrected chi connectivity index (χ2v) is 7.46. The lowest BCUT2D eigenvalue weighted by atomic mass is 9.97. The number of aromatic nitrogens is 3. The van der Waals surface area contributed by atoms with Crippen LogP contribution < -0.4 is 10.6 Å². The summed E-state index contributed by atoms with van der Waals surface area (Å²) in [6, 6.07) is 8.54. The molecule has 0 aliphatic heterocycles. The molecular formula is C20H31BrN6. The van der Waals surface area contributed by atoms with Crippen molar-refractivity contribution in [2.75, 3.05) is 19.6 Å². The Bertz CT molecular complexity index is 712.